The number of amides is 5. The number of likely N-dealkylation sites (tertiary alicyclic amines) is 1. The quantitative estimate of drug-likeness (QED) is 0.246. The molecular formula is C26H38BrF2N5O6. The number of rotatable bonds is 11. The van der Waals surface area contributed by atoms with Crippen molar-refractivity contribution < 1.29 is 37.5 Å². The fraction of sp³-hybridized carbons (Fsp3) is 0.808. The molecule has 4 aliphatic rings. The predicted molar refractivity (Wildman–Crippen MR) is 142 cm³/mol. The molecule has 4 rings (SSSR count). The Morgan fingerprint density at radius 2 is 1.88 bits per heavy atom. The fourth-order valence-corrected chi connectivity index (χ4v) is 6.68. The first-order valence-electron chi connectivity index (χ1n) is 13.7. The zero-order valence-corrected chi connectivity index (χ0v) is 24.7. The zero-order valence-electron chi connectivity index (χ0n) is 23.1. The van der Waals surface area contributed by atoms with Crippen LogP contribution in [0.4, 0.5) is 8.78 Å². The molecule has 5 N–H and O–H groups in total. The lowest BCUT2D eigenvalue weighted by molar-refractivity contribution is -0.161. The molecule has 14 heteroatoms. The molecule has 0 aromatic carbocycles. The third kappa shape index (κ3) is 5.97. The molecule has 224 valence electrons. The van der Waals surface area contributed by atoms with Crippen molar-refractivity contribution in [1.29, 1.82) is 0 Å². The van der Waals surface area contributed by atoms with Crippen LogP contribution < -0.4 is 21.7 Å². The minimum Gasteiger partial charge on any atom is -0.370 e. The highest BCUT2D eigenvalue weighted by Crippen LogP contribution is 2.65. The molecule has 11 nitrogen and oxygen atoms in total. The van der Waals surface area contributed by atoms with Crippen molar-refractivity contribution in [2.45, 2.75) is 94.5 Å². The van der Waals surface area contributed by atoms with Gasteiger partial charge in [-0.05, 0) is 63.2 Å². The number of alkyl halides is 3. The maximum absolute atomic E-state index is 13.9. The molecule has 0 unspecified atom stereocenters. The summed E-state index contributed by atoms with van der Waals surface area (Å²) in [4.78, 5) is 61.5. The SMILES string of the molecule is C[C@@H](OC1(C)CCC1)[C@H](NC(=O)C(F)(F)Br)C(=O)N1C[C@H]2[C@@H]([C@H]1C(=O)N[C@@H](C[C@@H]1CCNC1=O)C(N)=O)C2(C)C. The number of ether oxygens (including phenoxy) is 1. The van der Waals surface area contributed by atoms with Gasteiger partial charge in [-0.15, -0.1) is 0 Å². The van der Waals surface area contributed by atoms with E-state index in [0.717, 1.165) is 19.3 Å². The van der Waals surface area contributed by atoms with Gasteiger partial charge in [-0.3, -0.25) is 24.0 Å². The molecule has 2 saturated heterocycles. The summed E-state index contributed by atoms with van der Waals surface area (Å²) in [6.07, 6.45) is 1.92. The summed E-state index contributed by atoms with van der Waals surface area (Å²) >= 11 is 2.04. The lowest BCUT2D eigenvalue weighted by atomic mass is 9.81. The van der Waals surface area contributed by atoms with Crippen molar-refractivity contribution >= 4 is 45.5 Å². The van der Waals surface area contributed by atoms with Gasteiger partial charge in [-0.1, -0.05) is 13.8 Å². The highest BCUT2D eigenvalue weighted by atomic mass is 79.9. The van der Waals surface area contributed by atoms with Gasteiger partial charge in [0, 0.05) is 34.9 Å². The number of nitrogens with one attached hydrogen (secondary N) is 3. The normalized spacial score (nSPS) is 30.3. The molecule has 2 aliphatic heterocycles. The summed E-state index contributed by atoms with van der Waals surface area (Å²) in [7, 11) is 0. The zero-order chi connectivity index (χ0) is 29.8. The molecule has 4 fully saturated rings. The predicted octanol–water partition coefficient (Wildman–Crippen LogP) is 0.786. The summed E-state index contributed by atoms with van der Waals surface area (Å²) in [5.74, 6) is -4.87. The Morgan fingerprint density at radius 3 is 2.38 bits per heavy atom. The van der Waals surface area contributed by atoms with Crippen LogP contribution in [0.5, 0.6) is 0 Å². The highest BCUT2D eigenvalue weighted by Gasteiger charge is 2.70. The molecule has 2 heterocycles. The number of fused-ring (bicyclic) bond motifs is 1. The van der Waals surface area contributed by atoms with Crippen molar-refractivity contribution in [3.8, 4) is 0 Å². The molecule has 2 saturated carbocycles. The van der Waals surface area contributed by atoms with Crippen LogP contribution in [0.25, 0.3) is 0 Å². The minimum atomic E-state index is -3.92. The van der Waals surface area contributed by atoms with Crippen LogP contribution in [0.2, 0.25) is 0 Å². The molecule has 0 bridgehead atoms. The molecule has 7 atom stereocenters. The first-order chi connectivity index (χ1) is 18.5. The number of piperidine rings is 1. The van der Waals surface area contributed by atoms with Gasteiger partial charge in [0.1, 0.15) is 18.1 Å². The number of carbonyl (C=O) groups excluding carboxylic acids is 5. The van der Waals surface area contributed by atoms with Gasteiger partial charge in [-0.2, -0.15) is 8.78 Å². The van der Waals surface area contributed by atoms with Crippen LogP contribution in [0.1, 0.15) is 59.8 Å². The Labute approximate surface area is 240 Å². The molecule has 0 spiro atoms. The van der Waals surface area contributed by atoms with E-state index >= 15 is 0 Å². The maximum atomic E-state index is 13.9. The van der Waals surface area contributed by atoms with Gasteiger partial charge in [0.15, 0.2) is 0 Å². The minimum absolute atomic E-state index is 0.0214. The third-order valence-electron chi connectivity index (χ3n) is 9.26. The Kier molecular flexibility index (Phi) is 8.27. The third-order valence-corrected chi connectivity index (χ3v) is 9.62. The van der Waals surface area contributed by atoms with Crippen molar-refractivity contribution in [3.63, 3.8) is 0 Å². The lowest BCUT2D eigenvalue weighted by Gasteiger charge is -2.43. The Bertz CT molecular complexity index is 1080. The second-order valence-electron chi connectivity index (χ2n) is 12.4. The standard InChI is InChI=1S/C26H38BrF2N5O6/c1-12(40-25(4)7-5-8-25)17(33-23(39)26(27,28)29)22(38)34-11-14-16(24(14,2)3)18(34)21(37)32-15(19(30)35)10-13-6-9-31-20(13)36/h12-18H,5-11H2,1-4H3,(H2,30,35)(H,31,36)(H,32,37)(H,33,39)/t12-,13+,14+,15+,16+,17+,18+/m1/s1. The Balaban J connectivity index is 1.56. The average Bonchev–Trinajstić information content (AvgIpc) is 3.18. The van der Waals surface area contributed by atoms with Crippen molar-refractivity contribution in [2.24, 2.45) is 28.9 Å². The summed E-state index contributed by atoms with van der Waals surface area (Å²) in [5.41, 5.74) is 4.72. The monoisotopic (exact) mass is 633 g/mol. The smallest absolute Gasteiger partial charge is 0.370 e. The Hall–Kier alpha value is -2.35. The Morgan fingerprint density at radius 1 is 1.23 bits per heavy atom. The fourth-order valence-electron chi connectivity index (χ4n) is 6.56. The molecule has 2 aliphatic carbocycles. The van der Waals surface area contributed by atoms with Gasteiger partial charge >= 0.3 is 10.7 Å². The summed E-state index contributed by atoms with van der Waals surface area (Å²) in [5, 5.41) is 7.45. The molecule has 0 aromatic heterocycles. The highest BCUT2D eigenvalue weighted by molar-refractivity contribution is 9.10. The number of nitrogens with two attached hydrogens (primary N) is 1. The molecular weight excluding hydrogens is 596 g/mol. The van der Waals surface area contributed by atoms with Crippen LogP contribution in [0.15, 0.2) is 0 Å². The second-order valence-corrected chi connectivity index (χ2v) is 13.4. The van der Waals surface area contributed by atoms with Crippen molar-refractivity contribution in [1.82, 2.24) is 20.9 Å². The van der Waals surface area contributed by atoms with Gasteiger partial charge in [-0.25, -0.2) is 0 Å². The molecule has 0 aromatic rings. The van der Waals surface area contributed by atoms with Crippen LogP contribution >= 0.6 is 15.9 Å². The number of hydrogen-bond acceptors (Lipinski definition) is 6. The molecule has 0 radical (unpaired) electrons. The molecule has 40 heavy (non-hydrogen) atoms. The first-order valence-corrected chi connectivity index (χ1v) is 14.5. The first kappa shape index (κ1) is 30.6. The number of halogens is 3. The van der Waals surface area contributed by atoms with E-state index in [2.05, 4.69) is 16.0 Å². The van der Waals surface area contributed by atoms with Crippen molar-refractivity contribution in [3.05, 3.63) is 0 Å². The maximum Gasteiger partial charge on any atom is 0.377 e. The number of nitrogens with zero attached hydrogens (tertiary/aromatic N) is 1. The van der Waals surface area contributed by atoms with Crippen LogP contribution in [-0.2, 0) is 28.7 Å². The lowest BCUT2D eigenvalue weighted by Crippen LogP contribution is -2.62. The van der Waals surface area contributed by atoms with E-state index < -0.39 is 64.2 Å². The van der Waals surface area contributed by atoms with E-state index in [4.69, 9.17) is 10.5 Å². The van der Waals surface area contributed by atoms with Crippen molar-refractivity contribution in [2.75, 3.05) is 13.1 Å². The van der Waals surface area contributed by atoms with Gasteiger partial charge in [0.25, 0.3) is 0 Å². The topological polar surface area (TPSA) is 160 Å². The summed E-state index contributed by atoms with van der Waals surface area (Å²) < 4.78 is 33.6. The van der Waals surface area contributed by atoms with E-state index in [0.29, 0.717) is 13.0 Å². The van der Waals surface area contributed by atoms with Gasteiger partial charge in [0.2, 0.25) is 23.6 Å². The van der Waals surface area contributed by atoms with Gasteiger partial charge < -0.3 is 31.3 Å². The number of carbonyl (C=O) groups is 5. The molecule has 5 amide bonds. The largest absolute Gasteiger partial charge is 0.377 e. The van der Waals surface area contributed by atoms with E-state index in [1.807, 2.05) is 36.7 Å². The van der Waals surface area contributed by atoms with E-state index in [-0.39, 0.29) is 36.1 Å². The van der Waals surface area contributed by atoms with Gasteiger partial charge in [0.05, 0.1) is 11.7 Å². The van der Waals surface area contributed by atoms with E-state index in [9.17, 15) is 32.8 Å². The van der Waals surface area contributed by atoms with Crippen LogP contribution in [0.3, 0.4) is 0 Å². The van der Waals surface area contributed by atoms with Crippen LogP contribution in [-0.4, -0.2) is 82.2 Å². The van der Waals surface area contributed by atoms with Crippen LogP contribution in [0, 0.1) is 23.2 Å². The second kappa shape index (κ2) is 10.8. The van der Waals surface area contributed by atoms with E-state index in [1.54, 1.807) is 0 Å². The summed E-state index contributed by atoms with van der Waals surface area (Å²) in [6.45, 7) is 7.95. The van der Waals surface area contributed by atoms with E-state index in [1.165, 1.54) is 11.8 Å². The average molecular weight is 635 g/mol. The summed E-state index contributed by atoms with van der Waals surface area (Å²) in [6, 6.07) is -3.65. The number of primary amides is 1. The number of hydrogen-bond donors (Lipinski definition) is 4.